The van der Waals surface area contributed by atoms with Crippen LogP contribution in [0.25, 0.3) is 0 Å². The molecular weight excluding hydrogens is 457 g/mol. The van der Waals surface area contributed by atoms with E-state index in [1.54, 1.807) is 21.3 Å². The van der Waals surface area contributed by atoms with E-state index in [2.05, 4.69) is 17.4 Å². The number of halogens is 1. The lowest BCUT2D eigenvalue weighted by Crippen LogP contribution is -2.36. The van der Waals surface area contributed by atoms with Crippen molar-refractivity contribution in [1.82, 2.24) is 10.2 Å². The number of aliphatic imine (C=N–C) groups is 1. The SMILES string of the molecule is COc1cc(CN=C(NCc2ccccc2)N(C)C)cc(OC)c1OC.I. The predicted octanol–water partition coefficient (Wildman–Crippen LogP) is 3.54. The highest BCUT2D eigenvalue weighted by Gasteiger charge is 2.13. The zero-order valence-electron chi connectivity index (χ0n) is 16.5. The van der Waals surface area contributed by atoms with Crippen molar-refractivity contribution >= 4 is 29.9 Å². The van der Waals surface area contributed by atoms with Gasteiger partial charge >= 0.3 is 0 Å². The van der Waals surface area contributed by atoms with Gasteiger partial charge in [0.1, 0.15) is 0 Å². The number of guanidine groups is 1. The van der Waals surface area contributed by atoms with Crippen LogP contribution in [-0.4, -0.2) is 46.3 Å². The van der Waals surface area contributed by atoms with Crippen molar-refractivity contribution in [3.63, 3.8) is 0 Å². The summed E-state index contributed by atoms with van der Waals surface area (Å²) in [5, 5.41) is 3.37. The van der Waals surface area contributed by atoms with Gasteiger partial charge in [-0.3, -0.25) is 0 Å². The van der Waals surface area contributed by atoms with Crippen LogP contribution in [0.1, 0.15) is 11.1 Å². The number of nitrogens with one attached hydrogen (secondary N) is 1. The summed E-state index contributed by atoms with van der Waals surface area (Å²) in [7, 11) is 8.74. The van der Waals surface area contributed by atoms with E-state index in [1.165, 1.54) is 5.56 Å². The number of rotatable bonds is 7. The average molecular weight is 485 g/mol. The molecule has 0 amide bonds. The van der Waals surface area contributed by atoms with Crippen molar-refractivity contribution in [3.05, 3.63) is 53.6 Å². The Morgan fingerprint density at radius 1 is 0.926 bits per heavy atom. The Kier molecular flexibility index (Phi) is 9.77. The molecule has 0 aliphatic carbocycles. The summed E-state index contributed by atoms with van der Waals surface area (Å²) < 4.78 is 16.2. The molecule has 0 saturated carbocycles. The Labute approximate surface area is 178 Å². The molecule has 0 saturated heterocycles. The minimum Gasteiger partial charge on any atom is -0.493 e. The van der Waals surface area contributed by atoms with Crippen LogP contribution in [0.2, 0.25) is 0 Å². The van der Waals surface area contributed by atoms with E-state index in [-0.39, 0.29) is 24.0 Å². The molecule has 0 spiro atoms. The summed E-state index contributed by atoms with van der Waals surface area (Å²) in [6.45, 7) is 1.21. The highest BCUT2D eigenvalue weighted by molar-refractivity contribution is 14.0. The summed E-state index contributed by atoms with van der Waals surface area (Å²) in [6, 6.07) is 14.1. The summed E-state index contributed by atoms with van der Waals surface area (Å²) in [6.07, 6.45) is 0. The third-order valence-corrected chi connectivity index (χ3v) is 3.85. The second-order valence-corrected chi connectivity index (χ2v) is 5.91. The molecule has 2 aromatic rings. The van der Waals surface area contributed by atoms with Crippen LogP contribution in [0.3, 0.4) is 0 Å². The molecule has 6 nitrogen and oxygen atoms in total. The second kappa shape index (κ2) is 11.5. The maximum atomic E-state index is 5.40. The van der Waals surface area contributed by atoms with E-state index < -0.39 is 0 Å². The molecule has 0 radical (unpaired) electrons. The highest BCUT2D eigenvalue weighted by Crippen LogP contribution is 2.38. The minimum atomic E-state index is 0. The average Bonchev–Trinajstić information content (AvgIpc) is 2.67. The number of hydrogen-bond donors (Lipinski definition) is 1. The molecule has 1 N–H and O–H groups in total. The fraction of sp³-hybridized carbons (Fsp3) is 0.350. The van der Waals surface area contributed by atoms with Gasteiger partial charge in [-0.25, -0.2) is 4.99 Å². The summed E-state index contributed by atoms with van der Waals surface area (Å²) in [4.78, 5) is 6.65. The Morgan fingerprint density at radius 3 is 2.00 bits per heavy atom. The van der Waals surface area contributed by atoms with Gasteiger partial charge in [0.25, 0.3) is 0 Å². The molecular formula is C20H28IN3O3. The van der Waals surface area contributed by atoms with E-state index in [4.69, 9.17) is 19.2 Å². The van der Waals surface area contributed by atoms with Crippen LogP contribution < -0.4 is 19.5 Å². The third kappa shape index (κ3) is 6.50. The first-order valence-electron chi connectivity index (χ1n) is 8.37. The number of hydrogen-bond acceptors (Lipinski definition) is 4. The molecule has 7 heteroatoms. The molecule has 0 aliphatic rings. The van der Waals surface area contributed by atoms with Gasteiger partial charge in [-0.1, -0.05) is 30.3 Å². The molecule has 0 fully saturated rings. The number of nitrogens with zero attached hydrogens (tertiary/aromatic N) is 2. The van der Waals surface area contributed by atoms with Crippen molar-refractivity contribution < 1.29 is 14.2 Å². The maximum absolute atomic E-state index is 5.40. The molecule has 0 bridgehead atoms. The molecule has 2 aromatic carbocycles. The monoisotopic (exact) mass is 485 g/mol. The van der Waals surface area contributed by atoms with Crippen LogP contribution in [0.5, 0.6) is 17.2 Å². The van der Waals surface area contributed by atoms with Crippen molar-refractivity contribution in [2.45, 2.75) is 13.1 Å². The van der Waals surface area contributed by atoms with Gasteiger partial charge in [-0.2, -0.15) is 0 Å². The lowest BCUT2D eigenvalue weighted by atomic mass is 10.2. The van der Waals surface area contributed by atoms with E-state index in [9.17, 15) is 0 Å². The van der Waals surface area contributed by atoms with E-state index in [0.717, 1.165) is 11.5 Å². The van der Waals surface area contributed by atoms with Gasteiger partial charge in [-0.15, -0.1) is 24.0 Å². The second-order valence-electron chi connectivity index (χ2n) is 5.91. The Bertz CT molecular complexity index is 712. The van der Waals surface area contributed by atoms with E-state index >= 15 is 0 Å². The van der Waals surface area contributed by atoms with Crippen LogP contribution in [-0.2, 0) is 13.1 Å². The Morgan fingerprint density at radius 2 is 1.52 bits per heavy atom. The van der Waals surface area contributed by atoms with Crippen LogP contribution in [0.4, 0.5) is 0 Å². The number of benzene rings is 2. The van der Waals surface area contributed by atoms with Gasteiger partial charge in [0.2, 0.25) is 5.75 Å². The Balaban J connectivity index is 0.00000364. The van der Waals surface area contributed by atoms with Gasteiger partial charge in [0.15, 0.2) is 17.5 Å². The fourth-order valence-electron chi connectivity index (χ4n) is 2.53. The van der Waals surface area contributed by atoms with Gasteiger partial charge in [0.05, 0.1) is 27.9 Å². The summed E-state index contributed by atoms with van der Waals surface area (Å²) in [5.74, 6) is 2.64. The van der Waals surface area contributed by atoms with E-state index in [1.807, 2.05) is 49.3 Å². The first-order valence-corrected chi connectivity index (χ1v) is 8.37. The molecule has 2 rings (SSSR count). The third-order valence-electron chi connectivity index (χ3n) is 3.85. The number of ether oxygens (including phenoxy) is 3. The highest BCUT2D eigenvalue weighted by atomic mass is 127. The van der Waals surface area contributed by atoms with Gasteiger partial charge < -0.3 is 24.4 Å². The van der Waals surface area contributed by atoms with Crippen molar-refractivity contribution in [3.8, 4) is 17.2 Å². The van der Waals surface area contributed by atoms with Crippen LogP contribution >= 0.6 is 24.0 Å². The van der Waals surface area contributed by atoms with E-state index in [0.29, 0.717) is 30.3 Å². The normalized spacial score (nSPS) is 10.6. The molecule has 0 heterocycles. The quantitative estimate of drug-likeness (QED) is 0.370. The van der Waals surface area contributed by atoms with Gasteiger partial charge in [0, 0.05) is 20.6 Å². The molecule has 0 aliphatic heterocycles. The molecule has 27 heavy (non-hydrogen) atoms. The fourth-order valence-corrected chi connectivity index (χ4v) is 2.53. The first-order chi connectivity index (χ1) is 12.6. The summed E-state index contributed by atoms with van der Waals surface area (Å²) >= 11 is 0. The van der Waals surface area contributed by atoms with Crippen LogP contribution in [0, 0.1) is 0 Å². The molecule has 0 unspecified atom stereocenters. The standard InChI is InChI=1S/C20H27N3O3.HI/c1-23(2)20(21-13-15-9-7-6-8-10-15)22-14-16-11-17(24-3)19(26-5)18(12-16)25-4;/h6-12H,13-14H2,1-5H3,(H,21,22);1H. The number of methoxy groups -OCH3 is 3. The topological polar surface area (TPSA) is 55.3 Å². The smallest absolute Gasteiger partial charge is 0.203 e. The molecule has 0 atom stereocenters. The van der Waals surface area contributed by atoms with Crippen molar-refractivity contribution in [2.24, 2.45) is 4.99 Å². The van der Waals surface area contributed by atoms with Crippen LogP contribution in [0.15, 0.2) is 47.5 Å². The largest absolute Gasteiger partial charge is 0.493 e. The first kappa shape index (κ1) is 22.9. The zero-order chi connectivity index (χ0) is 18.9. The lowest BCUT2D eigenvalue weighted by molar-refractivity contribution is 0.324. The molecule has 0 aromatic heterocycles. The minimum absolute atomic E-state index is 0. The lowest BCUT2D eigenvalue weighted by Gasteiger charge is -2.18. The van der Waals surface area contributed by atoms with Crippen molar-refractivity contribution in [2.75, 3.05) is 35.4 Å². The summed E-state index contributed by atoms with van der Waals surface area (Å²) in [5.41, 5.74) is 2.18. The predicted molar refractivity (Wildman–Crippen MR) is 120 cm³/mol. The maximum Gasteiger partial charge on any atom is 0.203 e. The zero-order valence-corrected chi connectivity index (χ0v) is 18.8. The van der Waals surface area contributed by atoms with Gasteiger partial charge in [-0.05, 0) is 23.3 Å². The van der Waals surface area contributed by atoms with Crippen molar-refractivity contribution in [1.29, 1.82) is 0 Å². The molecule has 148 valence electrons. The Hall–Kier alpha value is -2.16.